The van der Waals surface area contributed by atoms with E-state index in [2.05, 4.69) is 4.99 Å². The Morgan fingerprint density at radius 3 is 2.67 bits per heavy atom. The third-order valence-electron chi connectivity index (χ3n) is 1.44. The molecule has 0 aromatic rings. The summed E-state index contributed by atoms with van der Waals surface area (Å²) in [6.07, 6.45) is -0.767. The Hall–Kier alpha value is -1.06. The molecule has 0 saturated heterocycles. The number of hydrogen-bond acceptors (Lipinski definition) is 1. The van der Waals surface area contributed by atoms with Crippen LogP contribution in [0, 0.1) is 0 Å². The SMILES string of the molecule is CC1=NCC=CC(C(F)(F)F)=C1. The summed E-state index contributed by atoms with van der Waals surface area (Å²) in [5.41, 5.74) is -0.228. The second-order valence-corrected chi connectivity index (χ2v) is 2.48. The van der Waals surface area contributed by atoms with Crippen LogP contribution in [-0.2, 0) is 0 Å². The van der Waals surface area contributed by atoms with Crippen molar-refractivity contribution in [1.82, 2.24) is 0 Å². The summed E-state index contributed by atoms with van der Waals surface area (Å²) in [5, 5.41) is 0. The van der Waals surface area contributed by atoms with Gasteiger partial charge in [0.2, 0.25) is 0 Å². The first-order valence-corrected chi connectivity index (χ1v) is 3.46. The van der Waals surface area contributed by atoms with Crippen LogP contribution in [0.1, 0.15) is 6.92 Å². The normalized spacial score (nSPS) is 18.3. The monoisotopic (exact) mass is 175 g/mol. The molecule has 1 aliphatic heterocycles. The van der Waals surface area contributed by atoms with Crippen molar-refractivity contribution in [3.05, 3.63) is 23.8 Å². The van der Waals surface area contributed by atoms with E-state index in [0.29, 0.717) is 12.3 Å². The van der Waals surface area contributed by atoms with Crippen molar-refractivity contribution in [2.45, 2.75) is 13.1 Å². The number of halogens is 3. The van der Waals surface area contributed by atoms with Crippen molar-refractivity contribution in [2.24, 2.45) is 4.99 Å². The van der Waals surface area contributed by atoms with E-state index in [4.69, 9.17) is 0 Å². The molecule has 1 nitrogen and oxygen atoms in total. The number of hydrogen-bond donors (Lipinski definition) is 0. The van der Waals surface area contributed by atoms with Crippen LogP contribution < -0.4 is 0 Å². The van der Waals surface area contributed by atoms with Gasteiger partial charge in [0.05, 0.1) is 12.1 Å². The average molecular weight is 175 g/mol. The maximum atomic E-state index is 12.1. The summed E-state index contributed by atoms with van der Waals surface area (Å²) in [4.78, 5) is 3.84. The highest BCUT2D eigenvalue weighted by atomic mass is 19.4. The van der Waals surface area contributed by atoms with Crippen molar-refractivity contribution in [2.75, 3.05) is 6.54 Å². The van der Waals surface area contributed by atoms with Crippen molar-refractivity contribution < 1.29 is 13.2 Å². The molecule has 0 saturated carbocycles. The summed E-state index contributed by atoms with van der Waals surface area (Å²) in [6, 6.07) is 0. The zero-order valence-corrected chi connectivity index (χ0v) is 6.52. The Morgan fingerprint density at radius 2 is 2.08 bits per heavy atom. The molecule has 4 heteroatoms. The number of allylic oxidation sites excluding steroid dienone is 3. The van der Waals surface area contributed by atoms with Crippen molar-refractivity contribution >= 4 is 5.71 Å². The van der Waals surface area contributed by atoms with Crippen LogP contribution in [0.4, 0.5) is 13.2 Å². The summed E-state index contributed by atoms with van der Waals surface area (Å²) in [7, 11) is 0. The molecule has 0 aromatic carbocycles. The van der Waals surface area contributed by atoms with Gasteiger partial charge in [-0.25, -0.2) is 0 Å². The molecular weight excluding hydrogens is 167 g/mol. The standard InChI is InChI=1S/C8H8F3N/c1-6-5-7(8(9,10)11)3-2-4-12-6/h2-3,5H,4H2,1H3. The third kappa shape index (κ3) is 2.22. The Bertz CT molecular complexity index is 258. The van der Waals surface area contributed by atoms with Crippen LogP contribution in [0.25, 0.3) is 0 Å². The molecule has 0 bridgehead atoms. The molecule has 0 N–H and O–H groups in total. The number of rotatable bonds is 0. The van der Waals surface area contributed by atoms with Crippen molar-refractivity contribution in [1.29, 1.82) is 0 Å². The van der Waals surface area contributed by atoms with E-state index < -0.39 is 11.7 Å². The maximum absolute atomic E-state index is 12.1. The minimum Gasteiger partial charge on any atom is -0.286 e. The maximum Gasteiger partial charge on any atom is 0.416 e. The number of alkyl halides is 3. The lowest BCUT2D eigenvalue weighted by Gasteiger charge is -2.05. The van der Waals surface area contributed by atoms with Gasteiger partial charge in [-0.1, -0.05) is 12.2 Å². The first kappa shape index (κ1) is 9.03. The van der Waals surface area contributed by atoms with E-state index in [1.165, 1.54) is 6.08 Å². The lowest BCUT2D eigenvalue weighted by atomic mass is 10.2. The summed E-state index contributed by atoms with van der Waals surface area (Å²) in [5.74, 6) is 0. The van der Waals surface area contributed by atoms with Gasteiger partial charge in [-0.3, -0.25) is 4.99 Å². The van der Waals surface area contributed by atoms with Gasteiger partial charge >= 0.3 is 6.18 Å². The molecule has 0 radical (unpaired) electrons. The summed E-state index contributed by atoms with van der Waals surface area (Å²) >= 11 is 0. The lowest BCUT2D eigenvalue weighted by Crippen LogP contribution is -2.10. The van der Waals surface area contributed by atoms with Gasteiger partial charge in [0, 0.05) is 5.71 Å². The highest BCUT2D eigenvalue weighted by Crippen LogP contribution is 2.27. The van der Waals surface area contributed by atoms with Crippen LogP contribution in [-0.4, -0.2) is 18.4 Å². The topological polar surface area (TPSA) is 12.4 Å². The second kappa shape index (κ2) is 3.13. The molecule has 1 heterocycles. The zero-order valence-electron chi connectivity index (χ0n) is 6.52. The molecule has 0 aliphatic carbocycles. The van der Waals surface area contributed by atoms with Gasteiger partial charge < -0.3 is 0 Å². The van der Waals surface area contributed by atoms with Crippen molar-refractivity contribution in [3.8, 4) is 0 Å². The zero-order chi connectivity index (χ0) is 9.19. The third-order valence-corrected chi connectivity index (χ3v) is 1.44. The molecule has 12 heavy (non-hydrogen) atoms. The van der Waals surface area contributed by atoms with E-state index in [1.54, 1.807) is 6.92 Å². The Labute approximate surface area is 68.3 Å². The van der Waals surface area contributed by atoms with Gasteiger partial charge in [-0.15, -0.1) is 0 Å². The highest BCUT2D eigenvalue weighted by molar-refractivity contribution is 5.94. The first-order chi connectivity index (χ1) is 5.50. The molecule has 0 fully saturated rings. The fourth-order valence-electron chi connectivity index (χ4n) is 0.871. The first-order valence-electron chi connectivity index (χ1n) is 3.46. The summed E-state index contributed by atoms with van der Waals surface area (Å²) in [6.45, 7) is 1.88. The average Bonchev–Trinajstić information content (AvgIpc) is 2.11. The molecule has 0 aromatic heterocycles. The van der Waals surface area contributed by atoms with Crippen LogP contribution in [0.5, 0.6) is 0 Å². The predicted molar refractivity (Wildman–Crippen MR) is 41.3 cm³/mol. The molecule has 0 atom stereocenters. The van der Waals surface area contributed by atoms with Gasteiger partial charge in [-0.05, 0) is 13.0 Å². The fraction of sp³-hybridized carbons (Fsp3) is 0.375. The van der Waals surface area contributed by atoms with Crippen molar-refractivity contribution in [3.63, 3.8) is 0 Å². The second-order valence-electron chi connectivity index (χ2n) is 2.48. The van der Waals surface area contributed by atoms with Crippen LogP contribution in [0.15, 0.2) is 28.8 Å². The number of aliphatic imine (C=N–C) groups is 1. The predicted octanol–water partition coefficient (Wildman–Crippen LogP) is 2.51. The molecular formula is C8H8F3N. The van der Waals surface area contributed by atoms with E-state index in [1.807, 2.05) is 0 Å². The van der Waals surface area contributed by atoms with Gasteiger partial charge in [0.1, 0.15) is 0 Å². The largest absolute Gasteiger partial charge is 0.416 e. The van der Waals surface area contributed by atoms with E-state index >= 15 is 0 Å². The molecule has 0 amide bonds. The van der Waals surface area contributed by atoms with E-state index in [9.17, 15) is 13.2 Å². The highest BCUT2D eigenvalue weighted by Gasteiger charge is 2.31. The van der Waals surface area contributed by atoms with Gasteiger partial charge in [0.15, 0.2) is 0 Å². The minimum atomic E-state index is -4.27. The minimum absolute atomic E-state index is 0.321. The fourth-order valence-corrected chi connectivity index (χ4v) is 0.871. The molecule has 0 unspecified atom stereocenters. The van der Waals surface area contributed by atoms with Crippen LogP contribution >= 0.6 is 0 Å². The summed E-state index contributed by atoms with van der Waals surface area (Å²) < 4.78 is 36.4. The van der Waals surface area contributed by atoms with Gasteiger partial charge in [-0.2, -0.15) is 13.2 Å². The molecule has 0 spiro atoms. The molecule has 1 rings (SSSR count). The Morgan fingerprint density at radius 1 is 1.42 bits per heavy atom. The van der Waals surface area contributed by atoms with Crippen LogP contribution in [0.3, 0.4) is 0 Å². The molecule has 66 valence electrons. The van der Waals surface area contributed by atoms with Crippen LogP contribution in [0.2, 0.25) is 0 Å². The Balaban J connectivity index is 2.96. The number of nitrogens with zero attached hydrogens (tertiary/aromatic N) is 1. The molecule has 1 aliphatic rings. The smallest absolute Gasteiger partial charge is 0.286 e. The lowest BCUT2D eigenvalue weighted by molar-refractivity contribution is -0.0880. The van der Waals surface area contributed by atoms with E-state index in [0.717, 1.165) is 12.2 Å². The van der Waals surface area contributed by atoms with Gasteiger partial charge in [0.25, 0.3) is 0 Å². The quantitative estimate of drug-likeness (QED) is 0.536. The van der Waals surface area contributed by atoms with E-state index in [-0.39, 0.29) is 0 Å². The Kier molecular flexibility index (Phi) is 2.35.